The van der Waals surface area contributed by atoms with Gasteiger partial charge >= 0.3 is 0 Å². The number of hydrogen-bond donors (Lipinski definition) is 2. The lowest BCUT2D eigenvalue weighted by Crippen LogP contribution is -2.28. The summed E-state index contributed by atoms with van der Waals surface area (Å²) >= 11 is 0. The van der Waals surface area contributed by atoms with E-state index in [0.717, 1.165) is 11.4 Å². The van der Waals surface area contributed by atoms with Crippen molar-refractivity contribution in [2.24, 2.45) is 5.73 Å². The number of methoxy groups -OCH3 is 1. The Morgan fingerprint density at radius 1 is 1.50 bits per heavy atom. The van der Waals surface area contributed by atoms with Crippen LogP contribution in [0.25, 0.3) is 5.69 Å². The van der Waals surface area contributed by atoms with Crippen LogP contribution in [-0.2, 0) is 9.53 Å². The van der Waals surface area contributed by atoms with Crippen molar-refractivity contribution >= 4 is 11.6 Å². The van der Waals surface area contributed by atoms with Gasteiger partial charge in [-0.25, -0.2) is 4.68 Å². The number of rotatable bonds is 6. The van der Waals surface area contributed by atoms with Crippen LogP contribution in [0.3, 0.4) is 0 Å². The highest BCUT2D eigenvalue weighted by atomic mass is 16.5. The molecule has 0 saturated carbocycles. The molecule has 1 aromatic carbocycles. The second-order valence-corrected chi connectivity index (χ2v) is 4.35. The van der Waals surface area contributed by atoms with Crippen LogP contribution in [0.4, 0.5) is 5.69 Å². The Morgan fingerprint density at radius 3 is 3.00 bits per heavy atom. The zero-order chi connectivity index (χ0) is 14.4. The normalized spacial score (nSPS) is 12.1. The minimum absolute atomic E-state index is 0.125. The fourth-order valence-electron chi connectivity index (χ4n) is 1.83. The molecular formula is C14H18N4O2. The quantitative estimate of drug-likeness (QED) is 0.828. The molecule has 0 fully saturated rings. The summed E-state index contributed by atoms with van der Waals surface area (Å²) in [4.78, 5) is 11.9. The van der Waals surface area contributed by atoms with E-state index in [1.165, 1.54) is 0 Å². The highest BCUT2D eigenvalue weighted by Crippen LogP contribution is 2.14. The monoisotopic (exact) mass is 274 g/mol. The Bertz CT molecular complexity index is 550. The molecule has 20 heavy (non-hydrogen) atoms. The third-order valence-corrected chi connectivity index (χ3v) is 2.91. The first-order valence-electron chi connectivity index (χ1n) is 6.35. The molecule has 1 atom stereocenters. The maximum Gasteiger partial charge on any atom is 0.227 e. The first-order valence-corrected chi connectivity index (χ1v) is 6.35. The van der Waals surface area contributed by atoms with Crippen molar-refractivity contribution in [3.63, 3.8) is 0 Å². The summed E-state index contributed by atoms with van der Waals surface area (Å²) in [7, 11) is 1.54. The van der Waals surface area contributed by atoms with Crippen LogP contribution >= 0.6 is 0 Å². The number of anilines is 1. The Morgan fingerprint density at radius 2 is 2.35 bits per heavy atom. The summed E-state index contributed by atoms with van der Waals surface area (Å²) in [6.07, 6.45) is 3.52. The Balaban J connectivity index is 2.03. The van der Waals surface area contributed by atoms with Gasteiger partial charge < -0.3 is 15.8 Å². The van der Waals surface area contributed by atoms with E-state index >= 15 is 0 Å². The molecule has 106 valence electrons. The molecule has 0 aliphatic carbocycles. The van der Waals surface area contributed by atoms with E-state index in [0.29, 0.717) is 6.54 Å². The second kappa shape index (κ2) is 6.83. The van der Waals surface area contributed by atoms with Crippen molar-refractivity contribution in [2.75, 3.05) is 19.0 Å². The summed E-state index contributed by atoms with van der Waals surface area (Å²) in [5, 5.41) is 6.98. The molecule has 0 spiro atoms. The van der Waals surface area contributed by atoms with Gasteiger partial charge in [-0.15, -0.1) is 0 Å². The zero-order valence-corrected chi connectivity index (χ0v) is 11.3. The summed E-state index contributed by atoms with van der Waals surface area (Å²) in [6.45, 7) is 0.317. The molecule has 6 heteroatoms. The van der Waals surface area contributed by atoms with Gasteiger partial charge in [0.05, 0.1) is 18.2 Å². The van der Waals surface area contributed by atoms with Gasteiger partial charge in [-0.05, 0) is 24.3 Å². The summed E-state index contributed by atoms with van der Waals surface area (Å²) in [5.41, 5.74) is 7.10. The molecule has 1 aromatic heterocycles. The van der Waals surface area contributed by atoms with Crippen molar-refractivity contribution in [1.29, 1.82) is 0 Å². The van der Waals surface area contributed by atoms with Crippen LogP contribution in [0.5, 0.6) is 0 Å². The molecule has 1 unspecified atom stereocenters. The minimum atomic E-state index is -0.260. The number of carbonyl (C=O) groups excluding carboxylic acids is 1. The zero-order valence-electron chi connectivity index (χ0n) is 11.3. The van der Waals surface area contributed by atoms with Crippen LogP contribution in [0.2, 0.25) is 0 Å². The molecule has 3 N–H and O–H groups in total. The number of carbonyl (C=O) groups is 1. The molecule has 2 aromatic rings. The van der Waals surface area contributed by atoms with Gasteiger partial charge in [0.15, 0.2) is 0 Å². The maximum absolute atomic E-state index is 11.9. The molecule has 0 aliphatic heterocycles. The molecule has 1 amide bonds. The first-order chi connectivity index (χ1) is 9.72. The topological polar surface area (TPSA) is 82.2 Å². The van der Waals surface area contributed by atoms with Crippen molar-refractivity contribution in [3.05, 3.63) is 42.7 Å². The smallest absolute Gasteiger partial charge is 0.227 e. The number of ether oxygens (including phenoxy) is 1. The number of nitrogens with two attached hydrogens (primary N) is 1. The average molecular weight is 274 g/mol. The third kappa shape index (κ3) is 3.66. The van der Waals surface area contributed by atoms with Crippen LogP contribution in [0, 0.1) is 0 Å². The van der Waals surface area contributed by atoms with Gasteiger partial charge in [0.25, 0.3) is 0 Å². The average Bonchev–Trinajstić information content (AvgIpc) is 2.99. The van der Waals surface area contributed by atoms with E-state index in [9.17, 15) is 4.79 Å². The number of aromatic nitrogens is 2. The van der Waals surface area contributed by atoms with Crippen molar-refractivity contribution in [2.45, 2.75) is 12.5 Å². The van der Waals surface area contributed by atoms with Gasteiger partial charge in [-0.3, -0.25) is 4.79 Å². The number of hydrogen-bond acceptors (Lipinski definition) is 4. The van der Waals surface area contributed by atoms with E-state index in [-0.39, 0.29) is 18.4 Å². The van der Waals surface area contributed by atoms with Crippen LogP contribution in [0.1, 0.15) is 6.42 Å². The molecule has 0 bridgehead atoms. The second-order valence-electron chi connectivity index (χ2n) is 4.35. The van der Waals surface area contributed by atoms with Gasteiger partial charge in [0.1, 0.15) is 0 Å². The molecule has 0 saturated heterocycles. The van der Waals surface area contributed by atoms with Crippen molar-refractivity contribution < 1.29 is 9.53 Å². The Hall–Kier alpha value is -2.18. The largest absolute Gasteiger partial charge is 0.380 e. The summed E-state index contributed by atoms with van der Waals surface area (Å²) in [6, 6.07) is 9.31. The fourth-order valence-corrected chi connectivity index (χ4v) is 1.83. The van der Waals surface area contributed by atoms with Gasteiger partial charge in [-0.1, -0.05) is 6.07 Å². The lowest BCUT2D eigenvalue weighted by molar-refractivity contribution is -0.118. The van der Waals surface area contributed by atoms with Crippen LogP contribution in [0.15, 0.2) is 42.7 Å². The van der Waals surface area contributed by atoms with Crippen LogP contribution < -0.4 is 11.1 Å². The summed E-state index contributed by atoms with van der Waals surface area (Å²) < 4.78 is 6.82. The van der Waals surface area contributed by atoms with E-state index in [4.69, 9.17) is 10.5 Å². The van der Waals surface area contributed by atoms with Gasteiger partial charge in [-0.2, -0.15) is 5.10 Å². The molecule has 0 aliphatic rings. The molecule has 0 radical (unpaired) electrons. The van der Waals surface area contributed by atoms with E-state index in [1.807, 2.05) is 36.5 Å². The number of amides is 1. The molecular weight excluding hydrogens is 256 g/mol. The lowest BCUT2D eigenvalue weighted by Gasteiger charge is -2.13. The predicted molar refractivity (Wildman–Crippen MR) is 76.7 cm³/mol. The first kappa shape index (κ1) is 14.2. The molecule has 2 rings (SSSR count). The van der Waals surface area contributed by atoms with Crippen LogP contribution in [-0.4, -0.2) is 35.4 Å². The molecule has 6 nitrogen and oxygen atoms in total. The van der Waals surface area contributed by atoms with Gasteiger partial charge in [0.2, 0.25) is 5.91 Å². The van der Waals surface area contributed by atoms with Crippen molar-refractivity contribution in [1.82, 2.24) is 9.78 Å². The highest BCUT2D eigenvalue weighted by Gasteiger charge is 2.11. The molecule has 1 heterocycles. The fraction of sp³-hybridized carbons (Fsp3) is 0.286. The van der Waals surface area contributed by atoms with Crippen molar-refractivity contribution in [3.8, 4) is 5.69 Å². The van der Waals surface area contributed by atoms with E-state index in [1.54, 1.807) is 18.0 Å². The van der Waals surface area contributed by atoms with Gasteiger partial charge in [0, 0.05) is 31.7 Å². The van der Waals surface area contributed by atoms with E-state index < -0.39 is 0 Å². The highest BCUT2D eigenvalue weighted by molar-refractivity contribution is 5.91. The maximum atomic E-state index is 11.9. The Kier molecular flexibility index (Phi) is 4.86. The minimum Gasteiger partial charge on any atom is -0.380 e. The Labute approximate surface area is 117 Å². The van der Waals surface area contributed by atoms with E-state index in [2.05, 4.69) is 10.4 Å². The number of nitrogens with zero attached hydrogens (tertiary/aromatic N) is 2. The number of benzene rings is 1. The SMILES string of the molecule is COC(CN)CC(=O)Nc1cccc(-n2cccn2)c1. The summed E-state index contributed by atoms with van der Waals surface area (Å²) in [5.74, 6) is -0.125. The number of nitrogens with one attached hydrogen (secondary N) is 1. The predicted octanol–water partition coefficient (Wildman–Crippen LogP) is 1.17. The standard InChI is InChI=1S/C14H18N4O2/c1-20-13(10-15)9-14(19)17-11-4-2-5-12(8-11)18-7-3-6-16-18/h2-8,13H,9-10,15H2,1H3,(H,17,19). The third-order valence-electron chi connectivity index (χ3n) is 2.91. The lowest BCUT2D eigenvalue weighted by atomic mass is 10.2.